The summed E-state index contributed by atoms with van der Waals surface area (Å²) in [7, 11) is -2.29. The predicted octanol–water partition coefficient (Wildman–Crippen LogP) is 1.49. The number of fused-ring (bicyclic) bond motifs is 1. The lowest BCUT2D eigenvalue weighted by Crippen LogP contribution is -2.24. The Balaban J connectivity index is 0.000000531. The molecule has 15 heavy (non-hydrogen) atoms. The van der Waals surface area contributed by atoms with E-state index in [4.69, 9.17) is 0 Å². The summed E-state index contributed by atoms with van der Waals surface area (Å²) in [5, 5.41) is 0. The summed E-state index contributed by atoms with van der Waals surface area (Å²) in [5.41, 5.74) is 0.255. The zero-order valence-corrected chi connectivity index (χ0v) is 9.71. The third-order valence-electron chi connectivity index (χ3n) is 2.04. The van der Waals surface area contributed by atoms with Gasteiger partial charge in [-0.1, -0.05) is 26.0 Å². The van der Waals surface area contributed by atoms with Gasteiger partial charge in [-0.3, -0.25) is 4.79 Å². The number of carbonyl (C=O) groups excluding carboxylic acids is 1. The SMILES string of the molecule is CC.CN1C(=O)c2ccccc2S1(=O)=O. The molecule has 4 nitrogen and oxygen atoms in total. The zero-order chi connectivity index (χ0) is 11.6. The zero-order valence-electron chi connectivity index (χ0n) is 8.89. The van der Waals surface area contributed by atoms with E-state index in [1.165, 1.54) is 19.2 Å². The third kappa shape index (κ3) is 1.63. The Morgan fingerprint density at radius 2 is 1.67 bits per heavy atom. The van der Waals surface area contributed by atoms with E-state index in [-0.39, 0.29) is 10.5 Å². The second-order valence-corrected chi connectivity index (χ2v) is 4.71. The van der Waals surface area contributed by atoms with Crippen LogP contribution in [0.3, 0.4) is 0 Å². The number of benzene rings is 1. The van der Waals surface area contributed by atoms with Crippen LogP contribution in [0, 0.1) is 0 Å². The molecule has 5 heteroatoms. The summed E-state index contributed by atoms with van der Waals surface area (Å²) in [6.07, 6.45) is 0. The van der Waals surface area contributed by atoms with Crippen molar-refractivity contribution >= 4 is 15.9 Å². The molecular weight excluding hydrogens is 214 g/mol. The van der Waals surface area contributed by atoms with Gasteiger partial charge >= 0.3 is 0 Å². The fourth-order valence-corrected chi connectivity index (χ4v) is 2.59. The van der Waals surface area contributed by atoms with Gasteiger partial charge in [0.2, 0.25) is 0 Å². The molecule has 0 atom stereocenters. The van der Waals surface area contributed by atoms with E-state index in [1.54, 1.807) is 12.1 Å². The lowest BCUT2D eigenvalue weighted by Gasteiger charge is -2.05. The van der Waals surface area contributed by atoms with Crippen molar-refractivity contribution in [1.29, 1.82) is 0 Å². The maximum absolute atomic E-state index is 11.5. The largest absolute Gasteiger partial charge is 0.268 e. The van der Waals surface area contributed by atoms with Crippen molar-refractivity contribution in [2.75, 3.05) is 7.05 Å². The van der Waals surface area contributed by atoms with Gasteiger partial charge in [0, 0.05) is 7.05 Å². The van der Waals surface area contributed by atoms with Crippen molar-refractivity contribution in [3.05, 3.63) is 29.8 Å². The van der Waals surface area contributed by atoms with Crippen molar-refractivity contribution < 1.29 is 13.2 Å². The van der Waals surface area contributed by atoms with Crippen LogP contribution in [0.2, 0.25) is 0 Å². The van der Waals surface area contributed by atoms with Crippen LogP contribution in [0.4, 0.5) is 0 Å². The number of carbonyl (C=O) groups is 1. The lowest BCUT2D eigenvalue weighted by atomic mass is 10.2. The van der Waals surface area contributed by atoms with Crippen LogP contribution in [0.5, 0.6) is 0 Å². The van der Waals surface area contributed by atoms with Crippen molar-refractivity contribution in [1.82, 2.24) is 4.31 Å². The molecule has 0 N–H and O–H groups in total. The molecule has 82 valence electrons. The molecule has 1 aromatic rings. The van der Waals surface area contributed by atoms with Gasteiger partial charge in [0.25, 0.3) is 15.9 Å². The van der Waals surface area contributed by atoms with Crippen LogP contribution in [0.15, 0.2) is 29.2 Å². The first-order valence-corrected chi connectivity index (χ1v) is 6.11. The first-order chi connectivity index (χ1) is 7.05. The van der Waals surface area contributed by atoms with E-state index in [0.29, 0.717) is 0 Å². The molecule has 0 fully saturated rings. The minimum Gasteiger partial charge on any atom is -0.268 e. The highest BCUT2D eigenvalue weighted by atomic mass is 32.2. The quantitative estimate of drug-likeness (QED) is 0.674. The van der Waals surface area contributed by atoms with Crippen LogP contribution in [0.1, 0.15) is 24.2 Å². The molecular formula is C10H13NO3S. The smallest absolute Gasteiger partial charge is 0.268 e. The molecule has 0 saturated heterocycles. The Bertz CT molecular complexity index is 479. The molecule has 2 rings (SSSR count). The lowest BCUT2D eigenvalue weighted by molar-refractivity contribution is 0.0891. The molecule has 1 heterocycles. The molecule has 0 saturated carbocycles. The van der Waals surface area contributed by atoms with Gasteiger partial charge in [0.1, 0.15) is 4.90 Å². The Labute approximate surface area is 89.6 Å². The molecule has 0 bridgehead atoms. The molecule has 1 aliphatic heterocycles. The number of rotatable bonds is 0. The number of sulfonamides is 1. The van der Waals surface area contributed by atoms with Gasteiger partial charge in [-0.15, -0.1) is 0 Å². The van der Waals surface area contributed by atoms with Gasteiger partial charge in [-0.25, -0.2) is 12.7 Å². The van der Waals surface area contributed by atoms with E-state index in [1.807, 2.05) is 13.8 Å². The molecule has 0 aliphatic carbocycles. The average Bonchev–Trinajstić information content (AvgIpc) is 2.45. The van der Waals surface area contributed by atoms with Crippen molar-refractivity contribution in [2.45, 2.75) is 18.7 Å². The maximum atomic E-state index is 11.5. The van der Waals surface area contributed by atoms with Crippen LogP contribution in [-0.2, 0) is 10.0 Å². The van der Waals surface area contributed by atoms with Crippen LogP contribution in [-0.4, -0.2) is 25.7 Å². The summed E-state index contributed by atoms with van der Waals surface area (Å²) in [6.45, 7) is 4.00. The van der Waals surface area contributed by atoms with Crippen LogP contribution in [0.25, 0.3) is 0 Å². The normalized spacial score (nSPS) is 16.7. The first-order valence-electron chi connectivity index (χ1n) is 4.67. The monoisotopic (exact) mass is 227 g/mol. The third-order valence-corrected chi connectivity index (χ3v) is 3.84. The van der Waals surface area contributed by atoms with Gasteiger partial charge in [0.05, 0.1) is 5.56 Å². The number of amides is 1. The van der Waals surface area contributed by atoms with Gasteiger partial charge in [-0.2, -0.15) is 0 Å². The van der Waals surface area contributed by atoms with Crippen molar-refractivity contribution in [3.63, 3.8) is 0 Å². The molecule has 1 amide bonds. The molecule has 0 aromatic heterocycles. The predicted molar refractivity (Wildman–Crippen MR) is 57.1 cm³/mol. The molecule has 0 unspecified atom stereocenters. The fraction of sp³-hybridized carbons (Fsp3) is 0.300. The highest BCUT2D eigenvalue weighted by molar-refractivity contribution is 7.90. The molecule has 1 aromatic carbocycles. The summed E-state index contributed by atoms with van der Waals surface area (Å²) in [5.74, 6) is -0.462. The first kappa shape index (κ1) is 11.7. The van der Waals surface area contributed by atoms with Crippen LogP contribution >= 0.6 is 0 Å². The summed E-state index contributed by atoms with van der Waals surface area (Å²) in [6, 6.07) is 6.19. The minimum atomic E-state index is -3.55. The minimum absolute atomic E-state index is 0.0995. The van der Waals surface area contributed by atoms with Crippen molar-refractivity contribution in [2.24, 2.45) is 0 Å². The van der Waals surface area contributed by atoms with E-state index >= 15 is 0 Å². The van der Waals surface area contributed by atoms with Crippen molar-refractivity contribution in [3.8, 4) is 0 Å². The molecule has 1 aliphatic rings. The second kappa shape index (κ2) is 4.02. The van der Waals surface area contributed by atoms with Crippen LogP contribution < -0.4 is 0 Å². The maximum Gasteiger partial charge on any atom is 0.268 e. The Hall–Kier alpha value is -1.36. The molecule has 0 radical (unpaired) electrons. The molecule has 0 spiro atoms. The highest BCUT2D eigenvalue weighted by Crippen LogP contribution is 2.27. The van der Waals surface area contributed by atoms with Gasteiger partial charge in [0.15, 0.2) is 0 Å². The summed E-state index contributed by atoms with van der Waals surface area (Å²) in [4.78, 5) is 11.5. The standard InChI is InChI=1S/C8H7NO3S.C2H6/c1-9-8(10)6-4-2-3-5-7(6)13(9,11)12;1-2/h2-5H,1H3;1-2H3. The topological polar surface area (TPSA) is 54.5 Å². The van der Waals surface area contributed by atoms with Gasteiger partial charge < -0.3 is 0 Å². The highest BCUT2D eigenvalue weighted by Gasteiger charge is 2.37. The second-order valence-electron chi connectivity index (χ2n) is 2.77. The Morgan fingerprint density at radius 3 is 2.20 bits per heavy atom. The van der Waals surface area contributed by atoms with Gasteiger partial charge in [-0.05, 0) is 12.1 Å². The van der Waals surface area contributed by atoms with E-state index < -0.39 is 15.9 Å². The fourth-order valence-electron chi connectivity index (χ4n) is 1.29. The number of hydrogen-bond donors (Lipinski definition) is 0. The van der Waals surface area contributed by atoms with E-state index in [9.17, 15) is 13.2 Å². The number of nitrogens with zero attached hydrogens (tertiary/aromatic N) is 1. The number of hydrogen-bond acceptors (Lipinski definition) is 3. The Morgan fingerprint density at radius 1 is 1.13 bits per heavy atom. The van der Waals surface area contributed by atoms with E-state index in [0.717, 1.165) is 4.31 Å². The average molecular weight is 227 g/mol. The Kier molecular flexibility index (Phi) is 3.14. The van der Waals surface area contributed by atoms with E-state index in [2.05, 4.69) is 0 Å². The summed E-state index contributed by atoms with van der Waals surface area (Å²) < 4.78 is 23.8. The summed E-state index contributed by atoms with van der Waals surface area (Å²) >= 11 is 0.